The van der Waals surface area contributed by atoms with Gasteiger partial charge in [0.15, 0.2) is 0 Å². The Kier molecular flexibility index (Phi) is 2.72. The van der Waals surface area contributed by atoms with E-state index in [4.69, 9.17) is 0 Å². The van der Waals surface area contributed by atoms with E-state index < -0.39 is 0 Å². The van der Waals surface area contributed by atoms with Crippen LogP contribution in [0, 0.1) is 0 Å². The third kappa shape index (κ3) is 1.99. The van der Waals surface area contributed by atoms with Gasteiger partial charge in [-0.25, -0.2) is 0 Å². The van der Waals surface area contributed by atoms with Crippen LogP contribution < -0.4 is 0 Å². The minimum atomic E-state index is 1.21. The molecule has 17 heavy (non-hydrogen) atoms. The second-order valence-electron chi connectivity index (χ2n) is 3.80. The summed E-state index contributed by atoms with van der Waals surface area (Å²) in [5.41, 5.74) is 3.66. The molecule has 82 valence electrons. The second kappa shape index (κ2) is 4.52. The van der Waals surface area contributed by atoms with Crippen LogP contribution >= 0.6 is 11.5 Å². The Morgan fingerprint density at radius 1 is 0.706 bits per heavy atom. The van der Waals surface area contributed by atoms with Gasteiger partial charge in [0.2, 0.25) is 0 Å². The molecule has 1 nitrogen and oxygen atoms in total. The van der Waals surface area contributed by atoms with Gasteiger partial charge in [-0.1, -0.05) is 60.7 Å². The molecule has 0 saturated heterocycles. The Labute approximate surface area is 105 Å². The van der Waals surface area contributed by atoms with Crippen LogP contribution in [0.2, 0.25) is 0 Å². The molecule has 1 aromatic heterocycles. The number of benzene rings is 2. The Hall–Kier alpha value is -1.93. The Morgan fingerprint density at radius 3 is 1.94 bits per heavy atom. The molecule has 0 spiro atoms. The molecule has 0 bridgehead atoms. The zero-order chi connectivity index (χ0) is 11.5. The molecule has 0 fully saturated rings. The summed E-state index contributed by atoms with van der Waals surface area (Å²) in [5, 5.41) is 0. The standard InChI is InChI=1S/C15H11NS/c1-3-7-12(8-4-1)14-11-16-17-15(14)13-9-5-2-6-10-13/h1-11H. The van der Waals surface area contributed by atoms with E-state index in [0.717, 1.165) is 0 Å². The number of nitrogens with zero attached hydrogens (tertiary/aromatic N) is 1. The van der Waals surface area contributed by atoms with E-state index in [1.165, 1.54) is 21.6 Å². The third-order valence-corrected chi connectivity index (χ3v) is 3.54. The Bertz CT molecular complexity index is 545. The number of rotatable bonds is 2. The fraction of sp³-hybridized carbons (Fsp3) is 0. The first kappa shape index (κ1) is 10.2. The molecule has 0 unspecified atom stereocenters. The SMILES string of the molecule is c1ccc(-c2cnsc2-c2ccccc2)cc1. The molecule has 3 aromatic rings. The fourth-order valence-corrected chi connectivity index (χ4v) is 2.63. The largest absolute Gasteiger partial charge is 0.200 e. The van der Waals surface area contributed by atoms with Crippen LogP contribution in [0.5, 0.6) is 0 Å². The number of hydrogen-bond acceptors (Lipinski definition) is 2. The molecule has 0 aliphatic heterocycles. The van der Waals surface area contributed by atoms with Gasteiger partial charge in [-0.3, -0.25) is 0 Å². The molecule has 0 atom stereocenters. The van der Waals surface area contributed by atoms with Crippen LogP contribution in [0.15, 0.2) is 66.9 Å². The summed E-state index contributed by atoms with van der Waals surface area (Å²) in [6, 6.07) is 20.8. The summed E-state index contributed by atoms with van der Waals surface area (Å²) in [6.07, 6.45) is 1.95. The molecule has 0 N–H and O–H groups in total. The van der Waals surface area contributed by atoms with Gasteiger partial charge < -0.3 is 0 Å². The maximum absolute atomic E-state index is 4.32. The molecule has 2 heteroatoms. The number of hydrogen-bond donors (Lipinski definition) is 0. The average molecular weight is 237 g/mol. The maximum Gasteiger partial charge on any atom is 0.0628 e. The number of aromatic nitrogens is 1. The quantitative estimate of drug-likeness (QED) is 0.640. The van der Waals surface area contributed by atoms with E-state index >= 15 is 0 Å². The molecule has 2 aromatic carbocycles. The lowest BCUT2D eigenvalue weighted by Gasteiger charge is -2.02. The van der Waals surface area contributed by atoms with Crippen LogP contribution in [-0.2, 0) is 0 Å². The zero-order valence-corrected chi connectivity index (χ0v) is 10.0. The van der Waals surface area contributed by atoms with Crippen molar-refractivity contribution < 1.29 is 0 Å². The summed E-state index contributed by atoms with van der Waals surface area (Å²) in [5.74, 6) is 0. The molecular weight excluding hydrogens is 226 g/mol. The molecule has 0 saturated carbocycles. The van der Waals surface area contributed by atoms with Gasteiger partial charge in [0.25, 0.3) is 0 Å². The third-order valence-electron chi connectivity index (χ3n) is 2.69. The zero-order valence-electron chi connectivity index (χ0n) is 9.21. The van der Waals surface area contributed by atoms with Gasteiger partial charge in [-0.05, 0) is 22.7 Å². The highest BCUT2D eigenvalue weighted by atomic mass is 32.1. The van der Waals surface area contributed by atoms with Crippen LogP contribution in [0.3, 0.4) is 0 Å². The lowest BCUT2D eigenvalue weighted by atomic mass is 10.0. The first-order chi connectivity index (χ1) is 8.45. The molecule has 0 radical (unpaired) electrons. The molecule has 3 rings (SSSR count). The van der Waals surface area contributed by atoms with Gasteiger partial charge in [0.05, 0.1) is 4.88 Å². The van der Waals surface area contributed by atoms with Crippen molar-refractivity contribution >= 4 is 11.5 Å². The van der Waals surface area contributed by atoms with Crippen LogP contribution in [0.1, 0.15) is 0 Å². The van der Waals surface area contributed by atoms with E-state index in [-0.39, 0.29) is 0 Å². The van der Waals surface area contributed by atoms with Crippen molar-refractivity contribution in [2.75, 3.05) is 0 Å². The van der Waals surface area contributed by atoms with Crippen molar-refractivity contribution in [3.8, 4) is 21.6 Å². The van der Waals surface area contributed by atoms with Crippen molar-refractivity contribution in [3.63, 3.8) is 0 Å². The Balaban J connectivity index is 2.13. The van der Waals surface area contributed by atoms with E-state index in [9.17, 15) is 0 Å². The van der Waals surface area contributed by atoms with Gasteiger partial charge in [-0.2, -0.15) is 4.37 Å². The molecule has 0 aliphatic carbocycles. The van der Waals surface area contributed by atoms with E-state index in [1.807, 2.05) is 18.3 Å². The highest BCUT2D eigenvalue weighted by Crippen LogP contribution is 2.34. The summed E-state index contributed by atoms with van der Waals surface area (Å²) < 4.78 is 4.32. The lowest BCUT2D eigenvalue weighted by molar-refractivity contribution is 1.56. The monoisotopic (exact) mass is 237 g/mol. The maximum atomic E-state index is 4.32. The normalized spacial score (nSPS) is 10.4. The second-order valence-corrected chi connectivity index (χ2v) is 4.60. The minimum Gasteiger partial charge on any atom is -0.200 e. The highest BCUT2D eigenvalue weighted by molar-refractivity contribution is 7.10. The van der Waals surface area contributed by atoms with E-state index in [2.05, 4.69) is 52.9 Å². The van der Waals surface area contributed by atoms with Crippen LogP contribution in [0.4, 0.5) is 0 Å². The molecule has 0 aliphatic rings. The van der Waals surface area contributed by atoms with E-state index in [0.29, 0.717) is 0 Å². The summed E-state index contributed by atoms with van der Waals surface area (Å²) >= 11 is 1.55. The van der Waals surface area contributed by atoms with Crippen molar-refractivity contribution in [3.05, 3.63) is 66.9 Å². The summed E-state index contributed by atoms with van der Waals surface area (Å²) in [7, 11) is 0. The lowest BCUT2D eigenvalue weighted by Crippen LogP contribution is -1.77. The summed E-state index contributed by atoms with van der Waals surface area (Å²) in [4.78, 5) is 1.23. The minimum absolute atomic E-state index is 1.21. The van der Waals surface area contributed by atoms with Crippen molar-refractivity contribution in [1.29, 1.82) is 0 Å². The summed E-state index contributed by atoms with van der Waals surface area (Å²) in [6.45, 7) is 0. The average Bonchev–Trinajstić information content (AvgIpc) is 2.90. The highest BCUT2D eigenvalue weighted by Gasteiger charge is 2.09. The van der Waals surface area contributed by atoms with Gasteiger partial charge in [-0.15, -0.1) is 0 Å². The van der Waals surface area contributed by atoms with Gasteiger partial charge in [0.1, 0.15) is 0 Å². The van der Waals surface area contributed by atoms with Gasteiger partial charge >= 0.3 is 0 Å². The fourth-order valence-electron chi connectivity index (χ4n) is 1.86. The predicted molar refractivity (Wildman–Crippen MR) is 73.0 cm³/mol. The van der Waals surface area contributed by atoms with Gasteiger partial charge in [0, 0.05) is 11.8 Å². The Morgan fingerprint density at radius 2 is 1.29 bits per heavy atom. The van der Waals surface area contributed by atoms with Crippen LogP contribution in [0.25, 0.3) is 21.6 Å². The molecule has 0 amide bonds. The first-order valence-corrected chi connectivity index (χ1v) is 6.28. The first-order valence-electron chi connectivity index (χ1n) is 5.50. The van der Waals surface area contributed by atoms with Crippen molar-refractivity contribution in [1.82, 2.24) is 4.37 Å². The molecular formula is C15H11NS. The van der Waals surface area contributed by atoms with Crippen LogP contribution in [-0.4, -0.2) is 4.37 Å². The van der Waals surface area contributed by atoms with Crippen molar-refractivity contribution in [2.24, 2.45) is 0 Å². The van der Waals surface area contributed by atoms with E-state index in [1.54, 1.807) is 11.5 Å². The smallest absolute Gasteiger partial charge is 0.0628 e. The predicted octanol–water partition coefficient (Wildman–Crippen LogP) is 4.48. The van der Waals surface area contributed by atoms with Crippen molar-refractivity contribution in [2.45, 2.75) is 0 Å². The topological polar surface area (TPSA) is 12.9 Å². The molecule has 1 heterocycles.